The number of hydrogen-bond donors (Lipinski definition) is 2. The van der Waals surface area contributed by atoms with E-state index in [1.54, 1.807) is 0 Å². The number of carbonyl (C=O) groups is 3. The van der Waals surface area contributed by atoms with Crippen molar-refractivity contribution in [3.63, 3.8) is 0 Å². The zero-order valence-electron chi connectivity index (χ0n) is 11.5. The number of ether oxygens (including phenoxy) is 1. The summed E-state index contributed by atoms with van der Waals surface area (Å²) in [5.74, 6) is -1.76. The number of nitrogens with one attached hydrogen (secondary N) is 1. The zero-order chi connectivity index (χ0) is 15.1. The molecular formula is C14H18N2O4. The average Bonchev–Trinajstić information content (AvgIpc) is 2.38. The standard InChI is InChI=1S/C14H18N2O4/c1-9-3-5-11(6-4-9)7-12(14(15)19)16-13(18)8-20-10(2)17/h3-6,12H,7-8H2,1-2H3,(H2,15,19)(H,16,18)/t12-/m0/s1. The highest BCUT2D eigenvalue weighted by Crippen LogP contribution is 2.06. The van der Waals surface area contributed by atoms with Crippen LogP contribution in [0.4, 0.5) is 0 Å². The van der Waals surface area contributed by atoms with Gasteiger partial charge >= 0.3 is 5.97 Å². The van der Waals surface area contributed by atoms with Crippen molar-refractivity contribution in [3.8, 4) is 0 Å². The van der Waals surface area contributed by atoms with Gasteiger partial charge in [-0.2, -0.15) is 0 Å². The third kappa shape index (κ3) is 5.51. The Balaban J connectivity index is 2.60. The lowest BCUT2D eigenvalue weighted by molar-refractivity contribution is -0.146. The lowest BCUT2D eigenvalue weighted by atomic mass is 10.0. The SMILES string of the molecule is CC(=O)OCC(=O)N[C@@H](Cc1ccc(C)cc1)C(N)=O. The van der Waals surface area contributed by atoms with Gasteiger partial charge in [0.1, 0.15) is 6.04 Å². The molecule has 1 atom stereocenters. The van der Waals surface area contributed by atoms with Crippen molar-refractivity contribution >= 4 is 17.8 Å². The predicted molar refractivity (Wildman–Crippen MR) is 72.6 cm³/mol. The summed E-state index contributed by atoms with van der Waals surface area (Å²) in [5, 5.41) is 2.44. The van der Waals surface area contributed by atoms with Gasteiger partial charge in [0.25, 0.3) is 5.91 Å². The fourth-order valence-electron chi connectivity index (χ4n) is 1.59. The van der Waals surface area contributed by atoms with Gasteiger partial charge in [-0.3, -0.25) is 14.4 Å². The number of esters is 1. The van der Waals surface area contributed by atoms with Crippen LogP contribution in [0.15, 0.2) is 24.3 Å². The Bertz CT molecular complexity index is 496. The summed E-state index contributed by atoms with van der Waals surface area (Å²) < 4.78 is 4.55. The second kappa shape index (κ2) is 7.28. The van der Waals surface area contributed by atoms with Crippen LogP contribution >= 0.6 is 0 Å². The highest BCUT2D eigenvalue weighted by molar-refractivity contribution is 5.88. The van der Waals surface area contributed by atoms with E-state index in [0.717, 1.165) is 11.1 Å². The van der Waals surface area contributed by atoms with E-state index in [2.05, 4.69) is 10.1 Å². The molecular weight excluding hydrogens is 260 g/mol. The van der Waals surface area contributed by atoms with Crippen molar-refractivity contribution in [3.05, 3.63) is 35.4 Å². The van der Waals surface area contributed by atoms with Crippen LogP contribution in [0.1, 0.15) is 18.1 Å². The van der Waals surface area contributed by atoms with E-state index in [-0.39, 0.29) is 0 Å². The molecule has 0 aromatic heterocycles. The molecule has 0 aliphatic carbocycles. The van der Waals surface area contributed by atoms with E-state index in [1.165, 1.54) is 6.92 Å². The number of carbonyl (C=O) groups excluding carboxylic acids is 3. The molecule has 1 rings (SSSR count). The molecule has 0 unspecified atom stereocenters. The third-order valence-electron chi connectivity index (χ3n) is 2.65. The molecule has 3 N–H and O–H groups in total. The highest BCUT2D eigenvalue weighted by atomic mass is 16.5. The maximum absolute atomic E-state index is 11.5. The van der Waals surface area contributed by atoms with E-state index >= 15 is 0 Å². The van der Waals surface area contributed by atoms with Gasteiger partial charge in [0.05, 0.1) is 0 Å². The van der Waals surface area contributed by atoms with Gasteiger partial charge in [0.2, 0.25) is 5.91 Å². The van der Waals surface area contributed by atoms with Crippen LogP contribution in [0.25, 0.3) is 0 Å². The average molecular weight is 278 g/mol. The van der Waals surface area contributed by atoms with E-state index in [4.69, 9.17) is 5.73 Å². The molecule has 2 amide bonds. The van der Waals surface area contributed by atoms with Crippen molar-refractivity contribution in [2.75, 3.05) is 6.61 Å². The van der Waals surface area contributed by atoms with Crippen LogP contribution in [0, 0.1) is 6.92 Å². The van der Waals surface area contributed by atoms with E-state index in [9.17, 15) is 14.4 Å². The van der Waals surface area contributed by atoms with E-state index in [0.29, 0.717) is 6.42 Å². The number of rotatable bonds is 6. The molecule has 0 radical (unpaired) electrons. The van der Waals surface area contributed by atoms with E-state index in [1.807, 2.05) is 31.2 Å². The van der Waals surface area contributed by atoms with Gasteiger partial charge in [-0.25, -0.2) is 0 Å². The lowest BCUT2D eigenvalue weighted by Gasteiger charge is -2.15. The lowest BCUT2D eigenvalue weighted by Crippen LogP contribution is -2.47. The molecule has 0 aliphatic rings. The van der Waals surface area contributed by atoms with Gasteiger partial charge < -0.3 is 15.8 Å². The topological polar surface area (TPSA) is 98.5 Å². The normalized spacial score (nSPS) is 11.5. The Morgan fingerprint density at radius 2 is 1.85 bits per heavy atom. The maximum atomic E-state index is 11.5. The monoisotopic (exact) mass is 278 g/mol. The van der Waals surface area contributed by atoms with Gasteiger partial charge in [-0.1, -0.05) is 29.8 Å². The molecule has 0 aliphatic heterocycles. The molecule has 0 saturated carbocycles. The summed E-state index contributed by atoms with van der Waals surface area (Å²) in [5.41, 5.74) is 7.24. The molecule has 20 heavy (non-hydrogen) atoms. The van der Waals surface area contributed by atoms with Crippen LogP contribution < -0.4 is 11.1 Å². The van der Waals surface area contributed by atoms with Gasteiger partial charge in [-0.05, 0) is 12.5 Å². The summed E-state index contributed by atoms with van der Waals surface area (Å²) in [6, 6.07) is 6.72. The Morgan fingerprint density at radius 3 is 2.35 bits per heavy atom. The second-order valence-electron chi connectivity index (χ2n) is 4.49. The van der Waals surface area contributed by atoms with Crippen molar-refractivity contribution in [2.24, 2.45) is 5.73 Å². The molecule has 0 spiro atoms. The first-order valence-electron chi connectivity index (χ1n) is 6.16. The van der Waals surface area contributed by atoms with Gasteiger partial charge in [0, 0.05) is 13.3 Å². The second-order valence-corrected chi connectivity index (χ2v) is 4.49. The summed E-state index contributed by atoms with van der Waals surface area (Å²) in [4.78, 5) is 33.5. The highest BCUT2D eigenvalue weighted by Gasteiger charge is 2.19. The van der Waals surface area contributed by atoms with Crippen LogP contribution in [0.3, 0.4) is 0 Å². The fourth-order valence-corrected chi connectivity index (χ4v) is 1.59. The predicted octanol–water partition coefficient (Wildman–Crippen LogP) is 0.0707. The summed E-state index contributed by atoms with van der Waals surface area (Å²) in [6.07, 6.45) is 0.293. The van der Waals surface area contributed by atoms with Gasteiger partial charge in [-0.15, -0.1) is 0 Å². The zero-order valence-corrected chi connectivity index (χ0v) is 11.5. The number of benzene rings is 1. The summed E-state index contributed by atoms with van der Waals surface area (Å²) >= 11 is 0. The first-order valence-corrected chi connectivity index (χ1v) is 6.16. The molecule has 1 aromatic rings. The number of primary amides is 1. The first kappa shape index (κ1) is 15.7. The smallest absolute Gasteiger partial charge is 0.303 e. The Morgan fingerprint density at radius 1 is 1.25 bits per heavy atom. The Labute approximate surface area is 117 Å². The van der Waals surface area contributed by atoms with Crippen LogP contribution in [0.2, 0.25) is 0 Å². The third-order valence-corrected chi connectivity index (χ3v) is 2.65. The van der Waals surface area contributed by atoms with Crippen molar-refractivity contribution in [1.82, 2.24) is 5.32 Å². The molecule has 0 saturated heterocycles. The number of nitrogens with two attached hydrogens (primary N) is 1. The minimum atomic E-state index is -0.833. The maximum Gasteiger partial charge on any atom is 0.303 e. The summed E-state index contributed by atoms with van der Waals surface area (Å²) in [7, 11) is 0. The molecule has 6 nitrogen and oxygen atoms in total. The fraction of sp³-hybridized carbons (Fsp3) is 0.357. The van der Waals surface area contributed by atoms with E-state index < -0.39 is 30.4 Å². The first-order chi connectivity index (χ1) is 9.38. The Kier molecular flexibility index (Phi) is 5.71. The minimum Gasteiger partial charge on any atom is -0.456 e. The molecule has 0 bridgehead atoms. The molecule has 6 heteroatoms. The van der Waals surface area contributed by atoms with Crippen molar-refractivity contribution in [2.45, 2.75) is 26.3 Å². The number of hydrogen-bond acceptors (Lipinski definition) is 4. The van der Waals surface area contributed by atoms with Crippen molar-refractivity contribution in [1.29, 1.82) is 0 Å². The molecule has 0 heterocycles. The number of amides is 2. The van der Waals surface area contributed by atoms with Crippen LogP contribution in [-0.2, 0) is 25.5 Å². The quantitative estimate of drug-likeness (QED) is 0.719. The Hall–Kier alpha value is -2.37. The van der Waals surface area contributed by atoms with Crippen molar-refractivity contribution < 1.29 is 19.1 Å². The molecule has 1 aromatic carbocycles. The van der Waals surface area contributed by atoms with Gasteiger partial charge in [0.15, 0.2) is 6.61 Å². The molecule has 0 fully saturated rings. The number of aryl methyl sites for hydroxylation is 1. The van der Waals surface area contributed by atoms with Crippen LogP contribution in [-0.4, -0.2) is 30.4 Å². The largest absolute Gasteiger partial charge is 0.456 e. The molecule has 108 valence electrons. The minimum absolute atomic E-state index is 0.293. The summed E-state index contributed by atoms with van der Waals surface area (Å²) in [6.45, 7) is 2.73. The van der Waals surface area contributed by atoms with Crippen LogP contribution in [0.5, 0.6) is 0 Å².